The Hall–Kier alpha value is -3.66. The summed E-state index contributed by atoms with van der Waals surface area (Å²) in [5, 5.41) is 13.0. The molecule has 7 heteroatoms. The molecule has 0 unspecified atom stereocenters. The highest BCUT2D eigenvalue weighted by atomic mass is 16.2. The molecule has 3 rings (SSSR count). The Balaban J connectivity index is 1.66. The minimum Gasteiger partial charge on any atom is -0.345 e. The average Bonchev–Trinajstić information content (AvgIpc) is 2.67. The SMILES string of the molecule is Cc1ccc(N2NC(C(=O)NCc3cccc(C#N)c3)=NCC2=O)cc1. The van der Waals surface area contributed by atoms with Gasteiger partial charge in [0, 0.05) is 6.54 Å². The molecule has 0 saturated carbocycles. The normalized spacial score (nSPS) is 13.5. The van der Waals surface area contributed by atoms with E-state index in [1.165, 1.54) is 5.01 Å². The lowest BCUT2D eigenvalue weighted by Crippen LogP contribution is -2.55. The second-order valence-corrected chi connectivity index (χ2v) is 5.84. The predicted molar refractivity (Wildman–Crippen MR) is 97.1 cm³/mol. The zero-order chi connectivity index (χ0) is 18.5. The third-order valence-electron chi connectivity index (χ3n) is 3.86. The van der Waals surface area contributed by atoms with Crippen molar-refractivity contribution in [1.29, 1.82) is 5.26 Å². The van der Waals surface area contributed by atoms with E-state index >= 15 is 0 Å². The van der Waals surface area contributed by atoms with Crippen LogP contribution in [0.25, 0.3) is 0 Å². The number of aliphatic imine (C=N–C) groups is 1. The van der Waals surface area contributed by atoms with Crippen molar-refractivity contribution >= 4 is 23.3 Å². The van der Waals surface area contributed by atoms with Gasteiger partial charge in [-0.25, -0.2) is 5.01 Å². The molecule has 2 N–H and O–H groups in total. The molecule has 2 amide bonds. The summed E-state index contributed by atoms with van der Waals surface area (Å²) in [4.78, 5) is 28.4. The summed E-state index contributed by atoms with van der Waals surface area (Å²) in [6.45, 7) is 2.11. The van der Waals surface area contributed by atoms with Crippen molar-refractivity contribution in [3.05, 3.63) is 65.2 Å². The number of nitriles is 1. The van der Waals surface area contributed by atoms with Crippen molar-refractivity contribution in [2.75, 3.05) is 11.6 Å². The van der Waals surface area contributed by atoms with Crippen LogP contribution in [0.5, 0.6) is 0 Å². The second-order valence-electron chi connectivity index (χ2n) is 5.84. The number of carbonyl (C=O) groups is 2. The monoisotopic (exact) mass is 347 g/mol. The molecule has 1 aliphatic rings. The lowest BCUT2D eigenvalue weighted by molar-refractivity contribution is -0.118. The lowest BCUT2D eigenvalue weighted by Gasteiger charge is -2.27. The van der Waals surface area contributed by atoms with Crippen LogP contribution in [0.2, 0.25) is 0 Å². The van der Waals surface area contributed by atoms with E-state index in [-0.39, 0.29) is 24.8 Å². The highest BCUT2D eigenvalue weighted by Crippen LogP contribution is 2.15. The highest BCUT2D eigenvalue weighted by molar-refractivity contribution is 6.39. The van der Waals surface area contributed by atoms with E-state index in [9.17, 15) is 9.59 Å². The quantitative estimate of drug-likeness (QED) is 0.874. The molecule has 0 saturated heterocycles. The summed E-state index contributed by atoms with van der Waals surface area (Å²) in [5.41, 5.74) is 5.82. The van der Waals surface area contributed by atoms with Gasteiger partial charge in [0.15, 0.2) is 0 Å². The fourth-order valence-electron chi connectivity index (χ4n) is 2.46. The molecule has 0 aromatic heterocycles. The number of nitrogens with one attached hydrogen (secondary N) is 2. The van der Waals surface area contributed by atoms with Crippen molar-refractivity contribution in [1.82, 2.24) is 10.7 Å². The Labute approximate surface area is 150 Å². The first-order valence-electron chi connectivity index (χ1n) is 8.05. The van der Waals surface area contributed by atoms with Gasteiger partial charge in [-0.3, -0.25) is 20.0 Å². The van der Waals surface area contributed by atoms with Gasteiger partial charge < -0.3 is 5.32 Å². The molecular formula is C19H17N5O2. The summed E-state index contributed by atoms with van der Waals surface area (Å²) >= 11 is 0. The van der Waals surface area contributed by atoms with Crippen LogP contribution in [0, 0.1) is 18.3 Å². The van der Waals surface area contributed by atoms with Crippen LogP contribution in [0.1, 0.15) is 16.7 Å². The van der Waals surface area contributed by atoms with Crippen molar-refractivity contribution in [3.8, 4) is 6.07 Å². The molecule has 0 fully saturated rings. The second kappa shape index (κ2) is 7.49. The molecule has 0 spiro atoms. The Kier molecular flexibility index (Phi) is 4.94. The first kappa shape index (κ1) is 17.2. The van der Waals surface area contributed by atoms with Gasteiger partial charge in [-0.1, -0.05) is 29.8 Å². The lowest BCUT2D eigenvalue weighted by atomic mass is 10.1. The van der Waals surface area contributed by atoms with Gasteiger partial charge in [-0.15, -0.1) is 0 Å². The van der Waals surface area contributed by atoms with E-state index in [4.69, 9.17) is 5.26 Å². The Morgan fingerprint density at radius 1 is 1.31 bits per heavy atom. The Morgan fingerprint density at radius 3 is 2.81 bits per heavy atom. The van der Waals surface area contributed by atoms with Gasteiger partial charge in [-0.2, -0.15) is 5.26 Å². The first-order valence-corrected chi connectivity index (χ1v) is 8.05. The predicted octanol–water partition coefficient (Wildman–Crippen LogP) is 1.43. The number of nitrogens with zero attached hydrogens (tertiary/aromatic N) is 3. The van der Waals surface area contributed by atoms with Gasteiger partial charge in [-0.05, 0) is 36.8 Å². The molecule has 2 aromatic rings. The van der Waals surface area contributed by atoms with Crippen LogP contribution in [-0.4, -0.2) is 24.2 Å². The minimum absolute atomic E-state index is 0.0709. The number of hydrogen-bond acceptors (Lipinski definition) is 5. The molecule has 0 aliphatic carbocycles. The Morgan fingerprint density at radius 2 is 2.08 bits per heavy atom. The molecular weight excluding hydrogens is 330 g/mol. The summed E-state index contributed by atoms with van der Waals surface area (Å²) < 4.78 is 0. The van der Waals surface area contributed by atoms with Crippen LogP contribution in [0.3, 0.4) is 0 Å². The van der Waals surface area contributed by atoms with Gasteiger partial charge in [0.25, 0.3) is 11.8 Å². The van der Waals surface area contributed by atoms with Crippen LogP contribution in [0.15, 0.2) is 53.5 Å². The number of amidine groups is 1. The molecule has 0 bridgehead atoms. The van der Waals surface area contributed by atoms with Crippen LogP contribution in [-0.2, 0) is 16.1 Å². The molecule has 0 radical (unpaired) electrons. The summed E-state index contributed by atoms with van der Waals surface area (Å²) in [7, 11) is 0. The molecule has 1 aliphatic heterocycles. The van der Waals surface area contributed by atoms with E-state index < -0.39 is 5.91 Å². The fraction of sp³-hybridized carbons (Fsp3) is 0.158. The number of benzene rings is 2. The van der Waals surface area contributed by atoms with Crippen molar-refractivity contribution in [3.63, 3.8) is 0 Å². The third-order valence-corrected chi connectivity index (χ3v) is 3.86. The first-order chi connectivity index (χ1) is 12.6. The number of hydrogen-bond donors (Lipinski definition) is 2. The number of rotatable bonds is 4. The summed E-state index contributed by atoms with van der Waals surface area (Å²) in [6, 6.07) is 16.4. The van der Waals surface area contributed by atoms with E-state index in [1.54, 1.807) is 30.3 Å². The fourth-order valence-corrected chi connectivity index (χ4v) is 2.46. The minimum atomic E-state index is -0.419. The zero-order valence-electron chi connectivity index (χ0n) is 14.2. The van der Waals surface area contributed by atoms with Gasteiger partial charge in [0.2, 0.25) is 5.84 Å². The van der Waals surface area contributed by atoms with Crippen molar-refractivity contribution < 1.29 is 9.59 Å². The van der Waals surface area contributed by atoms with E-state index in [1.807, 2.05) is 25.1 Å². The smallest absolute Gasteiger partial charge is 0.288 e. The van der Waals surface area contributed by atoms with Gasteiger partial charge >= 0.3 is 0 Å². The molecule has 1 heterocycles. The summed E-state index contributed by atoms with van der Waals surface area (Å²) in [5.74, 6) is -0.592. The van der Waals surface area contributed by atoms with E-state index in [0.29, 0.717) is 11.3 Å². The van der Waals surface area contributed by atoms with E-state index in [0.717, 1.165) is 11.1 Å². The number of anilines is 1. The van der Waals surface area contributed by atoms with Crippen molar-refractivity contribution in [2.24, 2.45) is 4.99 Å². The third kappa shape index (κ3) is 3.87. The molecule has 26 heavy (non-hydrogen) atoms. The standard InChI is InChI=1S/C19H17N5O2/c1-13-5-7-16(8-6-13)24-17(25)12-21-18(23-24)19(26)22-11-15-4-2-3-14(9-15)10-20/h2-9H,11-12H2,1H3,(H,21,23)(H,22,26). The Bertz CT molecular complexity index is 912. The molecule has 130 valence electrons. The van der Waals surface area contributed by atoms with Crippen LogP contribution >= 0.6 is 0 Å². The number of aryl methyl sites for hydroxylation is 1. The zero-order valence-corrected chi connectivity index (χ0v) is 14.2. The maximum absolute atomic E-state index is 12.4. The highest BCUT2D eigenvalue weighted by Gasteiger charge is 2.25. The summed E-state index contributed by atoms with van der Waals surface area (Å²) in [6.07, 6.45) is 0. The number of amides is 2. The molecule has 7 nitrogen and oxygen atoms in total. The van der Waals surface area contributed by atoms with Gasteiger partial charge in [0.1, 0.15) is 6.54 Å². The average molecular weight is 347 g/mol. The maximum Gasteiger partial charge on any atom is 0.288 e. The topological polar surface area (TPSA) is 97.6 Å². The molecule has 0 atom stereocenters. The van der Waals surface area contributed by atoms with E-state index in [2.05, 4.69) is 21.8 Å². The van der Waals surface area contributed by atoms with Gasteiger partial charge in [0.05, 0.1) is 17.3 Å². The van der Waals surface area contributed by atoms with Crippen LogP contribution in [0.4, 0.5) is 5.69 Å². The maximum atomic E-state index is 12.4. The number of carbonyl (C=O) groups excluding carboxylic acids is 2. The number of hydrazine groups is 1. The molecule has 2 aromatic carbocycles. The largest absolute Gasteiger partial charge is 0.345 e. The van der Waals surface area contributed by atoms with Crippen LogP contribution < -0.4 is 15.8 Å². The van der Waals surface area contributed by atoms with Crippen molar-refractivity contribution in [2.45, 2.75) is 13.5 Å².